The van der Waals surface area contributed by atoms with Crippen molar-refractivity contribution in [3.8, 4) is 11.6 Å². The molecule has 0 bridgehead atoms. The van der Waals surface area contributed by atoms with Gasteiger partial charge in [0.05, 0.1) is 35.6 Å². The zero-order chi connectivity index (χ0) is 19.0. The van der Waals surface area contributed by atoms with Crippen molar-refractivity contribution in [3.63, 3.8) is 0 Å². The van der Waals surface area contributed by atoms with E-state index in [1.54, 1.807) is 19.4 Å². The number of carbonyl (C=O) groups is 1. The minimum absolute atomic E-state index is 0.0394. The molecule has 2 aromatic rings. The Morgan fingerprint density at radius 3 is 2.74 bits per heavy atom. The van der Waals surface area contributed by atoms with E-state index in [9.17, 15) is 4.79 Å². The van der Waals surface area contributed by atoms with E-state index in [1.807, 2.05) is 13.0 Å². The number of fused-ring (bicyclic) bond motifs is 1. The molecular formula is C19H21BrN4O3. The highest BCUT2D eigenvalue weighted by Crippen LogP contribution is 2.34. The quantitative estimate of drug-likeness (QED) is 0.800. The second kappa shape index (κ2) is 7.34. The van der Waals surface area contributed by atoms with E-state index in [2.05, 4.69) is 31.1 Å². The van der Waals surface area contributed by atoms with Crippen molar-refractivity contribution in [2.75, 3.05) is 25.1 Å². The van der Waals surface area contributed by atoms with Crippen LogP contribution in [-0.2, 0) is 6.54 Å². The first-order valence-corrected chi connectivity index (χ1v) is 9.75. The third kappa shape index (κ3) is 3.45. The Bertz CT molecular complexity index is 864. The topological polar surface area (TPSA) is 76.6 Å². The third-order valence-electron chi connectivity index (χ3n) is 5.04. The van der Waals surface area contributed by atoms with Crippen LogP contribution in [0.5, 0.6) is 11.6 Å². The van der Waals surface area contributed by atoms with Gasteiger partial charge in [-0.3, -0.25) is 4.79 Å². The molecule has 1 amide bonds. The normalized spacial score (nSPS) is 16.9. The van der Waals surface area contributed by atoms with Gasteiger partial charge in [0, 0.05) is 32.0 Å². The SMILES string of the molecule is COc1ccc(OC2CCN(c3nc4c(c(C)c3Br)C(=O)NC4)CC2)cn1. The van der Waals surface area contributed by atoms with Crippen molar-refractivity contribution in [1.82, 2.24) is 15.3 Å². The molecule has 142 valence electrons. The number of methoxy groups -OCH3 is 1. The van der Waals surface area contributed by atoms with Gasteiger partial charge in [0.25, 0.3) is 5.91 Å². The molecule has 7 nitrogen and oxygen atoms in total. The molecule has 2 aliphatic rings. The molecule has 0 saturated carbocycles. The first-order valence-electron chi connectivity index (χ1n) is 8.95. The average molecular weight is 433 g/mol. The molecule has 4 rings (SSSR count). The summed E-state index contributed by atoms with van der Waals surface area (Å²) >= 11 is 3.64. The molecule has 0 atom stereocenters. The van der Waals surface area contributed by atoms with Gasteiger partial charge in [-0.15, -0.1) is 0 Å². The number of hydrogen-bond acceptors (Lipinski definition) is 6. The van der Waals surface area contributed by atoms with E-state index in [4.69, 9.17) is 14.5 Å². The monoisotopic (exact) mass is 432 g/mol. The summed E-state index contributed by atoms with van der Waals surface area (Å²) in [5, 5.41) is 2.85. The summed E-state index contributed by atoms with van der Waals surface area (Å²) < 4.78 is 12.0. The summed E-state index contributed by atoms with van der Waals surface area (Å²) in [7, 11) is 1.59. The molecule has 2 aromatic heterocycles. The van der Waals surface area contributed by atoms with E-state index in [-0.39, 0.29) is 12.0 Å². The molecule has 1 N–H and O–H groups in total. The van der Waals surface area contributed by atoms with Gasteiger partial charge in [0.1, 0.15) is 17.7 Å². The zero-order valence-electron chi connectivity index (χ0n) is 15.3. The Hall–Kier alpha value is -2.35. The number of carbonyl (C=O) groups excluding carboxylic acids is 1. The van der Waals surface area contributed by atoms with Crippen molar-refractivity contribution in [1.29, 1.82) is 0 Å². The lowest BCUT2D eigenvalue weighted by Gasteiger charge is -2.34. The van der Waals surface area contributed by atoms with E-state index in [0.29, 0.717) is 18.0 Å². The molecule has 4 heterocycles. The van der Waals surface area contributed by atoms with Crippen LogP contribution in [0, 0.1) is 6.92 Å². The molecule has 0 aliphatic carbocycles. The maximum absolute atomic E-state index is 12.0. The maximum atomic E-state index is 12.0. The summed E-state index contributed by atoms with van der Waals surface area (Å²) in [5.41, 5.74) is 2.49. The number of halogens is 1. The first kappa shape index (κ1) is 18.0. The smallest absolute Gasteiger partial charge is 0.253 e. The lowest BCUT2D eigenvalue weighted by molar-refractivity contribution is 0.0965. The van der Waals surface area contributed by atoms with E-state index < -0.39 is 0 Å². The van der Waals surface area contributed by atoms with E-state index >= 15 is 0 Å². The molecule has 0 spiro atoms. The van der Waals surface area contributed by atoms with Crippen LogP contribution in [0.1, 0.15) is 34.5 Å². The van der Waals surface area contributed by atoms with E-state index in [1.165, 1.54) is 0 Å². The van der Waals surface area contributed by atoms with Gasteiger partial charge >= 0.3 is 0 Å². The number of nitrogens with one attached hydrogen (secondary N) is 1. The number of rotatable bonds is 4. The molecule has 1 fully saturated rings. The average Bonchev–Trinajstić information content (AvgIpc) is 3.07. The fourth-order valence-corrected chi connectivity index (χ4v) is 4.09. The van der Waals surface area contributed by atoms with Gasteiger partial charge in [-0.1, -0.05) is 0 Å². The number of hydrogen-bond donors (Lipinski definition) is 1. The zero-order valence-corrected chi connectivity index (χ0v) is 16.9. The number of nitrogens with zero attached hydrogens (tertiary/aromatic N) is 3. The lowest BCUT2D eigenvalue weighted by Crippen LogP contribution is -2.39. The number of ether oxygens (including phenoxy) is 2. The minimum Gasteiger partial charge on any atom is -0.489 e. The standard InChI is InChI=1S/C19H21BrN4O3/c1-11-16-14(10-22-19(16)25)23-18(17(11)20)24-7-5-12(6-8-24)27-13-3-4-15(26-2)21-9-13/h3-4,9,12H,5-8,10H2,1-2H3,(H,22,25). The molecule has 27 heavy (non-hydrogen) atoms. The molecule has 0 aromatic carbocycles. The number of amides is 1. The predicted octanol–water partition coefficient (Wildman–Crippen LogP) is 2.85. The second-order valence-corrected chi connectivity index (χ2v) is 7.51. The first-order chi connectivity index (χ1) is 13.1. The van der Waals surface area contributed by atoms with Crippen LogP contribution < -0.4 is 19.7 Å². The molecule has 8 heteroatoms. The van der Waals surface area contributed by atoms with Gasteiger partial charge in [-0.25, -0.2) is 9.97 Å². The van der Waals surface area contributed by atoms with Gasteiger partial charge < -0.3 is 19.7 Å². The van der Waals surface area contributed by atoms with Crippen LogP contribution in [-0.4, -0.2) is 42.2 Å². The van der Waals surface area contributed by atoms with Crippen LogP contribution >= 0.6 is 15.9 Å². The minimum atomic E-state index is -0.0394. The number of aromatic nitrogens is 2. The third-order valence-corrected chi connectivity index (χ3v) is 5.99. The summed E-state index contributed by atoms with van der Waals surface area (Å²) in [4.78, 5) is 23.1. The van der Waals surface area contributed by atoms with E-state index in [0.717, 1.165) is 53.2 Å². The van der Waals surface area contributed by atoms with Gasteiger partial charge in [0.2, 0.25) is 5.88 Å². The van der Waals surface area contributed by atoms with Crippen molar-refractivity contribution < 1.29 is 14.3 Å². The second-order valence-electron chi connectivity index (χ2n) is 6.72. The highest BCUT2D eigenvalue weighted by atomic mass is 79.9. The van der Waals surface area contributed by atoms with Crippen LogP contribution in [0.15, 0.2) is 22.8 Å². The molecule has 2 aliphatic heterocycles. The fraction of sp³-hybridized carbons (Fsp3) is 0.421. The van der Waals surface area contributed by atoms with Crippen molar-refractivity contribution in [2.24, 2.45) is 0 Å². The van der Waals surface area contributed by atoms with Crippen molar-refractivity contribution in [2.45, 2.75) is 32.4 Å². The number of pyridine rings is 2. The Balaban J connectivity index is 1.43. The molecule has 1 saturated heterocycles. The highest BCUT2D eigenvalue weighted by Gasteiger charge is 2.29. The Morgan fingerprint density at radius 1 is 1.30 bits per heavy atom. The van der Waals surface area contributed by atoms with Crippen molar-refractivity contribution >= 4 is 27.7 Å². The van der Waals surface area contributed by atoms with Gasteiger partial charge in [0.15, 0.2) is 0 Å². The highest BCUT2D eigenvalue weighted by molar-refractivity contribution is 9.10. The van der Waals surface area contributed by atoms with Crippen LogP contribution in [0.4, 0.5) is 5.82 Å². The molecule has 0 radical (unpaired) electrons. The summed E-state index contributed by atoms with van der Waals surface area (Å²) in [5.74, 6) is 2.20. The van der Waals surface area contributed by atoms with Crippen LogP contribution in [0.2, 0.25) is 0 Å². The summed E-state index contributed by atoms with van der Waals surface area (Å²) in [6.45, 7) is 4.16. The maximum Gasteiger partial charge on any atom is 0.253 e. The van der Waals surface area contributed by atoms with Crippen LogP contribution in [0.25, 0.3) is 0 Å². The summed E-state index contributed by atoms with van der Waals surface area (Å²) in [6.07, 6.45) is 3.63. The number of piperidine rings is 1. The van der Waals surface area contributed by atoms with Crippen LogP contribution in [0.3, 0.4) is 0 Å². The van der Waals surface area contributed by atoms with Crippen molar-refractivity contribution in [3.05, 3.63) is 39.6 Å². The number of anilines is 1. The van der Waals surface area contributed by atoms with Gasteiger partial charge in [-0.05, 0) is 34.5 Å². The lowest BCUT2D eigenvalue weighted by atomic mass is 10.1. The fourth-order valence-electron chi connectivity index (χ4n) is 3.55. The summed E-state index contributed by atoms with van der Waals surface area (Å²) in [6, 6.07) is 3.68. The Kier molecular flexibility index (Phi) is 4.90. The molecule has 0 unspecified atom stereocenters. The Labute approximate surface area is 166 Å². The molecular weight excluding hydrogens is 412 g/mol. The van der Waals surface area contributed by atoms with Gasteiger partial charge in [-0.2, -0.15) is 0 Å². The largest absolute Gasteiger partial charge is 0.489 e. The Morgan fingerprint density at radius 2 is 2.07 bits per heavy atom. The predicted molar refractivity (Wildman–Crippen MR) is 104 cm³/mol.